The summed E-state index contributed by atoms with van der Waals surface area (Å²) in [4.78, 5) is 125. The van der Waals surface area contributed by atoms with E-state index in [0.29, 0.717) is 61.8 Å². The molecule has 1 N–H and O–H groups in total. The Morgan fingerprint density at radius 2 is 0.948 bits per heavy atom. The summed E-state index contributed by atoms with van der Waals surface area (Å²) in [5, 5.41) is 16.6. The first-order chi connectivity index (χ1) is 44.8. The van der Waals surface area contributed by atoms with Crippen molar-refractivity contribution in [3.8, 4) is 23.0 Å². The van der Waals surface area contributed by atoms with Gasteiger partial charge in [-0.05, 0) is 206 Å². The van der Waals surface area contributed by atoms with Gasteiger partial charge in [-0.2, -0.15) is 0 Å². The Labute approximate surface area is 567 Å². The van der Waals surface area contributed by atoms with Gasteiger partial charge in [0.05, 0.1) is 48.1 Å². The molecule has 534 valence electrons. The number of anilines is 2. The minimum atomic E-state index is -0.970. The molecule has 97 heavy (non-hydrogen) atoms. The molecule has 0 unspecified atom stereocenters. The number of nitro groups is 1. The minimum Gasteiger partial charge on any atom is -0.497 e. The first kappa shape index (κ1) is 77.3. The summed E-state index contributed by atoms with van der Waals surface area (Å²) in [5.41, 5.74) is -6.48. The maximum absolute atomic E-state index is 13.9. The first-order valence-electron chi connectivity index (χ1n) is 32.7. The quantitative estimate of drug-likeness (QED) is 0.0201. The van der Waals surface area contributed by atoms with Gasteiger partial charge in [0, 0.05) is 29.6 Å². The number of fused-ring (bicyclic) bond motifs is 1. The number of nitrogens with one attached hydrogen (secondary N) is 1. The second-order valence-electron chi connectivity index (χ2n) is 30.3. The first-order valence-corrected chi connectivity index (χ1v) is 32.7. The number of methoxy groups -OCH3 is 1. The highest BCUT2D eigenvalue weighted by Crippen LogP contribution is 2.42. The number of esters is 6. The number of nitrogens with zero attached hydrogens (tertiary/aromatic N) is 4. The van der Waals surface area contributed by atoms with E-state index in [1.165, 1.54) is 47.2 Å². The van der Waals surface area contributed by atoms with Gasteiger partial charge in [0.25, 0.3) is 11.6 Å². The van der Waals surface area contributed by atoms with Crippen molar-refractivity contribution in [3.05, 3.63) is 86.3 Å². The van der Waals surface area contributed by atoms with Crippen molar-refractivity contribution in [2.75, 3.05) is 56.2 Å². The van der Waals surface area contributed by atoms with E-state index >= 15 is 0 Å². The van der Waals surface area contributed by atoms with E-state index in [0.717, 1.165) is 0 Å². The zero-order valence-corrected chi connectivity index (χ0v) is 59.8. The Kier molecular flexibility index (Phi) is 25.3. The summed E-state index contributed by atoms with van der Waals surface area (Å²) < 4.78 is 65.1. The Balaban J connectivity index is 1.30. The molecular weight excluding hydrogens is 1260 g/mol. The second kappa shape index (κ2) is 31.7. The number of ether oxygens (including phenoxy) is 10. The molecule has 0 spiro atoms. The highest BCUT2D eigenvalue weighted by Gasteiger charge is 2.38. The van der Waals surface area contributed by atoms with Gasteiger partial charge in [-0.3, -0.25) is 48.6 Å². The summed E-state index contributed by atoms with van der Waals surface area (Å²) in [5.74, 6) is -3.89. The molecule has 26 nitrogen and oxygen atoms in total. The third kappa shape index (κ3) is 25.4. The van der Waals surface area contributed by atoms with Crippen LogP contribution in [0.2, 0.25) is 0 Å². The number of amides is 1. The lowest BCUT2D eigenvalue weighted by Crippen LogP contribution is -2.49. The standard InChI is InChI=1S/C71H99N5O21/c1-66(2,3)92-58(77)36-73(37-59(78)93-67(4,5)6)46-26-24-45(25-27-46)72-64(83)49-31-43-23-28-48(34-55(43)91-65(49)84)88-42-44-32-52(75(40-62(81)96-70(13,14)15)41-63(82)97-71(16,17)18)57(35-51(44)76(85)86)90-54-22-20-21-53(54)89-56-33-47(87-19)29-30-50(56)74(38-60(79)94-68(7,8)9)39-61(80)95-69(10,11)12/h23,28-35,45-46,53-54H,20-22,24-27,36-42H2,1-19H3,(H,72,83)/t45-,46-,53-,54+/m0/s1. The van der Waals surface area contributed by atoms with E-state index in [1.807, 2.05) is 0 Å². The number of carbonyl (C=O) groups excluding carboxylic acids is 7. The van der Waals surface area contributed by atoms with Crippen LogP contribution in [0.4, 0.5) is 17.1 Å². The maximum Gasteiger partial charge on any atom is 0.349 e. The normalized spacial score (nSPS) is 16.9. The molecule has 0 bridgehead atoms. The van der Waals surface area contributed by atoms with Gasteiger partial charge in [0.1, 0.15) is 113 Å². The SMILES string of the molecule is COc1ccc(N(CC(=O)OC(C)(C)C)CC(=O)OC(C)(C)C)c(O[C@H]2CCC[C@H]2Oc2cc([N+](=O)[O-])c(COc3ccc4cc(C(=O)N[C@H]5CC[C@H](N(CC(=O)OC(C)(C)C)CC(=O)OC(C)(C)C)CC5)c(=O)oc4c3)cc2N(CC(=O)OC(C)(C)C)CC(=O)OC(C)(C)C)c1. The van der Waals surface area contributed by atoms with Gasteiger partial charge in [-0.25, -0.2) is 4.79 Å². The molecule has 2 aliphatic carbocycles. The van der Waals surface area contributed by atoms with E-state index in [2.05, 4.69) is 5.32 Å². The number of hydrogen-bond donors (Lipinski definition) is 1. The zero-order valence-electron chi connectivity index (χ0n) is 59.8. The molecule has 0 aliphatic heterocycles. The number of rotatable bonds is 26. The number of carbonyl (C=O) groups is 7. The average Bonchev–Trinajstić information content (AvgIpc) is 0.966. The molecule has 2 saturated carbocycles. The van der Waals surface area contributed by atoms with Gasteiger partial charge in [-0.15, -0.1) is 0 Å². The Hall–Kier alpha value is -8.68. The van der Waals surface area contributed by atoms with Gasteiger partial charge in [-0.1, -0.05) is 0 Å². The predicted molar refractivity (Wildman–Crippen MR) is 360 cm³/mol. The van der Waals surface area contributed by atoms with Crippen molar-refractivity contribution in [1.82, 2.24) is 10.2 Å². The molecular formula is C71H99N5O21. The van der Waals surface area contributed by atoms with Crippen LogP contribution in [0.15, 0.2) is 63.8 Å². The molecule has 0 saturated heterocycles. The van der Waals surface area contributed by atoms with Crippen LogP contribution in [0.25, 0.3) is 11.0 Å². The number of benzene rings is 3. The topological polar surface area (TPSA) is 307 Å². The highest BCUT2D eigenvalue weighted by atomic mass is 16.6. The number of nitro benzene ring substituents is 1. The fraction of sp³-hybridized carbons (Fsp3) is 0.606. The van der Waals surface area contributed by atoms with E-state index < -0.39 is 123 Å². The van der Waals surface area contributed by atoms with E-state index in [1.54, 1.807) is 154 Å². The monoisotopic (exact) mass is 1360 g/mol. The largest absolute Gasteiger partial charge is 0.497 e. The van der Waals surface area contributed by atoms with Crippen LogP contribution in [-0.2, 0) is 63.8 Å². The lowest BCUT2D eigenvalue weighted by atomic mass is 9.90. The van der Waals surface area contributed by atoms with E-state index in [4.69, 9.17) is 51.8 Å². The van der Waals surface area contributed by atoms with Crippen molar-refractivity contribution in [1.29, 1.82) is 0 Å². The highest BCUT2D eigenvalue weighted by molar-refractivity contribution is 5.97. The predicted octanol–water partition coefficient (Wildman–Crippen LogP) is 10.7. The number of hydrogen-bond acceptors (Lipinski definition) is 24. The summed E-state index contributed by atoms with van der Waals surface area (Å²) in [7, 11) is 1.46. The van der Waals surface area contributed by atoms with Crippen LogP contribution in [-0.4, -0.2) is 156 Å². The molecule has 1 aromatic heterocycles. The zero-order chi connectivity index (χ0) is 72.3. The summed E-state index contributed by atoms with van der Waals surface area (Å²) in [6, 6.07) is 12.7. The Bertz CT molecular complexity index is 3460. The molecule has 2 atom stereocenters. The smallest absolute Gasteiger partial charge is 0.349 e. The molecule has 26 heteroatoms. The molecule has 3 aromatic carbocycles. The lowest BCUT2D eigenvalue weighted by molar-refractivity contribution is -0.385. The third-order valence-corrected chi connectivity index (χ3v) is 14.5. The minimum absolute atomic E-state index is 0.0302. The Morgan fingerprint density at radius 1 is 0.526 bits per heavy atom. The van der Waals surface area contributed by atoms with Crippen LogP contribution in [0.5, 0.6) is 23.0 Å². The van der Waals surface area contributed by atoms with Gasteiger partial charge in [0.15, 0.2) is 0 Å². The average molecular weight is 1360 g/mol. The molecule has 0 radical (unpaired) electrons. The summed E-state index contributed by atoms with van der Waals surface area (Å²) >= 11 is 0. The van der Waals surface area contributed by atoms with Crippen LogP contribution in [0.3, 0.4) is 0 Å². The van der Waals surface area contributed by atoms with Crippen LogP contribution in [0.1, 0.15) is 185 Å². The van der Waals surface area contributed by atoms with Crippen LogP contribution < -0.4 is 39.7 Å². The molecule has 1 heterocycles. The van der Waals surface area contributed by atoms with Crippen molar-refractivity contribution in [2.45, 2.75) is 234 Å². The summed E-state index contributed by atoms with van der Waals surface area (Å²) in [6.07, 6.45) is 1.59. The van der Waals surface area contributed by atoms with Gasteiger partial charge in [0.2, 0.25) is 0 Å². The van der Waals surface area contributed by atoms with Crippen molar-refractivity contribution in [2.24, 2.45) is 0 Å². The van der Waals surface area contributed by atoms with Crippen molar-refractivity contribution in [3.63, 3.8) is 0 Å². The summed E-state index contributed by atoms with van der Waals surface area (Å²) in [6.45, 7) is 28.3. The van der Waals surface area contributed by atoms with E-state index in [9.17, 15) is 48.5 Å². The second-order valence-corrected chi connectivity index (χ2v) is 30.3. The molecule has 2 fully saturated rings. The van der Waals surface area contributed by atoms with E-state index in [-0.39, 0.29) is 77.9 Å². The molecule has 1 amide bonds. The van der Waals surface area contributed by atoms with Gasteiger partial charge < -0.3 is 66.9 Å². The molecule has 2 aliphatic rings. The molecule has 6 rings (SSSR count). The third-order valence-electron chi connectivity index (χ3n) is 14.5. The van der Waals surface area contributed by atoms with Crippen LogP contribution in [0, 0.1) is 10.1 Å². The lowest BCUT2D eigenvalue weighted by Gasteiger charge is -2.37. The fourth-order valence-electron chi connectivity index (χ4n) is 11.0. The molecule has 4 aromatic rings. The maximum atomic E-state index is 13.9. The van der Waals surface area contributed by atoms with Gasteiger partial charge >= 0.3 is 41.4 Å². The van der Waals surface area contributed by atoms with Crippen molar-refractivity contribution < 1.29 is 90.3 Å². The Morgan fingerprint density at radius 3 is 1.38 bits per heavy atom. The fourth-order valence-corrected chi connectivity index (χ4v) is 11.0. The van der Waals surface area contributed by atoms with Crippen molar-refractivity contribution >= 4 is 69.8 Å². The van der Waals surface area contributed by atoms with Crippen LogP contribution >= 0.6 is 0 Å².